The molecule has 88 valence electrons. The Kier molecular flexibility index (Phi) is 3.98. The van der Waals surface area contributed by atoms with Crippen LogP contribution in [0.4, 0.5) is 5.95 Å². The van der Waals surface area contributed by atoms with E-state index in [1.807, 2.05) is 24.4 Å². The van der Waals surface area contributed by atoms with Crippen molar-refractivity contribution in [1.82, 2.24) is 9.55 Å². The van der Waals surface area contributed by atoms with Crippen LogP contribution in [0.15, 0.2) is 53.8 Å². The van der Waals surface area contributed by atoms with Crippen LogP contribution in [0.1, 0.15) is 5.56 Å². The zero-order valence-electron chi connectivity index (χ0n) is 9.44. The minimum Gasteiger partial charge on any atom is -0.352 e. The molecular weight excluding hydrogens is 278 g/mol. The molecule has 1 heterocycles. The van der Waals surface area contributed by atoms with Crippen LogP contribution in [0.3, 0.4) is 0 Å². The van der Waals surface area contributed by atoms with Crippen molar-refractivity contribution in [2.75, 3.05) is 11.9 Å². The summed E-state index contributed by atoms with van der Waals surface area (Å²) in [6, 6.07) is 8.26. The molecule has 0 fully saturated rings. The van der Waals surface area contributed by atoms with E-state index in [1.165, 1.54) is 5.56 Å². The monoisotopic (exact) mass is 291 g/mol. The molecule has 0 radical (unpaired) electrons. The number of imidazole rings is 1. The van der Waals surface area contributed by atoms with Gasteiger partial charge in [0, 0.05) is 23.4 Å². The number of rotatable bonds is 5. The first-order valence-corrected chi connectivity index (χ1v) is 6.19. The maximum Gasteiger partial charge on any atom is 0.203 e. The van der Waals surface area contributed by atoms with E-state index in [0.717, 1.165) is 23.5 Å². The second-order valence-corrected chi connectivity index (χ2v) is 4.59. The fourth-order valence-electron chi connectivity index (χ4n) is 1.60. The van der Waals surface area contributed by atoms with Crippen molar-refractivity contribution in [2.45, 2.75) is 6.54 Å². The van der Waals surface area contributed by atoms with Gasteiger partial charge in [-0.25, -0.2) is 4.98 Å². The average molecular weight is 292 g/mol. The number of aromatic nitrogens is 2. The summed E-state index contributed by atoms with van der Waals surface area (Å²) >= 11 is 3.47. The highest BCUT2D eigenvalue weighted by Gasteiger charge is 2.02. The minimum absolute atomic E-state index is 0.718. The summed E-state index contributed by atoms with van der Waals surface area (Å²) in [7, 11) is 0. The Bertz CT molecular complexity index is 505. The van der Waals surface area contributed by atoms with Crippen LogP contribution in [-0.4, -0.2) is 16.1 Å². The lowest BCUT2D eigenvalue weighted by molar-refractivity contribution is 0.802. The predicted octanol–water partition coefficient (Wildman–Crippen LogP) is 3.29. The van der Waals surface area contributed by atoms with Crippen molar-refractivity contribution in [3.05, 3.63) is 59.4 Å². The molecule has 2 rings (SSSR count). The van der Waals surface area contributed by atoms with Gasteiger partial charge in [0.25, 0.3) is 0 Å². The molecule has 0 saturated carbocycles. The molecule has 0 bridgehead atoms. The zero-order valence-corrected chi connectivity index (χ0v) is 11.0. The van der Waals surface area contributed by atoms with Crippen LogP contribution in [-0.2, 0) is 6.54 Å². The van der Waals surface area contributed by atoms with E-state index in [9.17, 15) is 0 Å². The lowest BCUT2D eigenvalue weighted by Gasteiger charge is -2.08. The van der Waals surface area contributed by atoms with Gasteiger partial charge in [0.1, 0.15) is 0 Å². The molecule has 0 spiro atoms. The summed E-state index contributed by atoms with van der Waals surface area (Å²) in [5.74, 6) is 0.866. The topological polar surface area (TPSA) is 29.9 Å². The molecule has 0 unspecified atom stereocenters. The molecule has 1 aromatic carbocycles. The van der Waals surface area contributed by atoms with Crippen LogP contribution in [0, 0.1) is 0 Å². The second kappa shape index (κ2) is 5.68. The number of nitrogens with zero attached hydrogens (tertiary/aromatic N) is 2. The molecule has 0 aliphatic rings. The van der Waals surface area contributed by atoms with E-state index in [4.69, 9.17) is 0 Å². The van der Waals surface area contributed by atoms with Crippen molar-refractivity contribution in [3.63, 3.8) is 0 Å². The predicted molar refractivity (Wildman–Crippen MR) is 74.2 cm³/mol. The van der Waals surface area contributed by atoms with Crippen LogP contribution < -0.4 is 5.32 Å². The highest BCUT2D eigenvalue weighted by atomic mass is 79.9. The van der Waals surface area contributed by atoms with Gasteiger partial charge in [0.15, 0.2) is 0 Å². The van der Waals surface area contributed by atoms with Gasteiger partial charge in [0.05, 0.1) is 6.54 Å². The molecule has 0 atom stereocenters. The Morgan fingerprint density at radius 1 is 1.47 bits per heavy atom. The van der Waals surface area contributed by atoms with Gasteiger partial charge < -0.3 is 9.88 Å². The van der Waals surface area contributed by atoms with E-state index in [0.29, 0.717) is 0 Å². The Morgan fingerprint density at radius 3 is 3.12 bits per heavy atom. The Morgan fingerprint density at radius 2 is 2.35 bits per heavy atom. The van der Waals surface area contributed by atoms with Crippen molar-refractivity contribution in [2.24, 2.45) is 0 Å². The van der Waals surface area contributed by atoms with E-state index >= 15 is 0 Å². The lowest BCUT2D eigenvalue weighted by atomic mass is 10.2. The minimum atomic E-state index is 0.718. The maximum atomic E-state index is 4.26. The van der Waals surface area contributed by atoms with E-state index in [1.54, 1.807) is 6.20 Å². The average Bonchev–Trinajstić information content (AvgIpc) is 2.74. The molecule has 4 heteroatoms. The first kappa shape index (κ1) is 11.9. The Labute approximate surface area is 109 Å². The number of halogens is 1. The third-order valence-electron chi connectivity index (χ3n) is 2.36. The third-order valence-corrected chi connectivity index (χ3v) is 2.86. The van der Waals surface area contributed by atoms with Crippen LogP contribution in [0.25, 0.3) is 0 Å². The number of hydrogen-bond acceptors (Lipinski definition) is 2. The van der Waals surface area contributed by atoms with E-state index in [2.05, 4.69) is 49.5 Å². The summed E-state index contributed by atoms with van der Waals surface area (Å²) in [6.45, 7) is 5.20. The Hall–Kier alpha value is -1.55. The Balaban J connectivity index is 2.13. The molecule has 0 saturated heterocycles. The fourth-order valence-corrected chi connectivity index (χ4v) is 2.05. The summed E-state index contributed by atoms with van der Waals surface area (Å²) in [5, 5.41) is 3.20. The normalized spacial score (nSPS) is 10.2. The van der Waals surface area contributed by atoms with Gasteiger partial charge in [0.2, 0.25) is 5.95 Å². The second-order valence-electron chi connectivity index (χ2n) is 3.68. The summed E-state index contributed by atoms with van der Waals surface area (Å²) in [4.78, 5) is 4.26. The van der Waals surface area contributed by atoms with Crippen molar-refractivity contribution in [3.8, 4) is 0 Å². The molecule has 0 amide bonds. The van der Waals surface area contributed by atoms with Gasteiger partial charge in [-0.1, -0.05) is 34.1 Å². The maximum absolute atomic E-state index is 4.26. The first-order chi connectivity index (χ1) is 8.29. The number of hydrogen-bond donors (Lipinski definition) is 1. The van der Waals surface area contributed by atoms with Crippen LogP contribution >= 0.6 is 15.9 Å². The number of nitrogens with one attached hydrogen (secondary N) is 1. The van der Waals surface area contributed by atoms with E-state index in [-0.39, 0.29) is 0 Å². The lowest BCUT2D eigenvalue weighted by Crippen LogP contribution is -2.07. The number of anilines is 1. The van der Waals surface area contributed by atoms with Crippen molar-refractivity contribution >= 4 is 21.9 Å². The zero-order chi connectivity index (χ0) is 12.1. The van der Waals surface area contributed by atoms with Gasteiger partial charge in [-0.05, 0) is 17.7 Å². The molecule has 1 N–H and O–H groups in total. The first-order valence-electron chi connectivity index (χ1n) is 5.40. The third kappa shape index (κ3) is 3.20. The number of benzene rings is 1. The fraction of sp³-hybridized carbons (Fsp3) is 0.154. The van der Waals surface area contributed by atoms with Gasteiger partial charge in [-0.3, -0.25) is 0 Å². The van der Waals surface area contributed by atoms with Gasteiger partial charge in [-0.2, -0.15) is 0 Å². The summed E-state index contributed by atoms with van der Waals surface area (Å²) < 4.78 is 3.17. The van der Waals surface area contributed by atoms with E-state index < -0.39 is 0 Å². The quantitative estimate of drug-likeness (QED) is 0.857. The largest absolute Gasteiger partial charge is 0.352 e. The molecule has 2 aromatic rings. The molecule has 0 aliphatic carbocycles. The van der Waals surface area contributed by atoms with Crippen LogP contribution in [0.5, 0.6) is 0 Å². The van der Waals surface area contributed by atoms with Crippen LogP contribution in [0.2, 0.25) is 0 Å². The van der Waals surface area contributed by atoms with Gasteiger partial charge >= 0.3 is 0 Å². The van der Waals surface area contributed by atoms with Crippen molar-refractivity contribution in [1.29, 1.82) is 0 Å². The molecule has 17 heavy (non-hydrogen) atoms. The summed E-state index contributed by atoms with van der Waals surface area (Å²) in [5.41, 5.74) is 1.24. The highest BCUT2D eigenvalue weighted by Crippen LogP contribution is 2.14. The van der Waals surface area contributed by atoms with Crippen molar-refractivity contribution < 1.29 is 0 Å². The molecular formula is C13H14BrN3. The SMILES string of the molecule is C=CCNc1nccn1Cc1cccc(Br)c1. The molecule has 0 aliphatic heterocycles. The smallest absolute Gasteiger partial charge is 0.203 e. The molecule has 1 aromatic heterocycles. The standard InChI is InChI=1S/C13H14BrN3/c1-2-6-15-13-16-7-8-17(13)10-11-4-3-5-12(14)9-11/h2-5,7-9H,1,6,10H2,(H,15,16). The molecule has 3 nitrogen and oxygen atoms in total. The summed E-state index contributed by atoms with van der Waals surface area (Å²) in [6.07, 6.45) is 5.58. The highest BCUT2D eigenvalue weighted by molar-refractivity contribution is 9.10. The van der Waals surface area contributed by atoms with Gasteiger partial charge in [-0.15, -0.1) is 6.58 Å².